The molecule has 62 heavy (non-hydrogen) atoms. The van der Waals surface area contributed by atoms with Crippen molar-refractivity contribution < 1.29 is 4.79 Å². The first kappa shape index (κ1) is 43.1. The van der Waals surface area contributed by atoms with Gasteiger partial charge in [-0.3, -0.25) is 14.6 Å². The van der Waals surface area contributed by atoms with Crippen molar-refractivity contribution in [1.29, 1.82) is 0 Å². The van der Waals surface area contributed by atoms with Gasteiger partial charge in [0.1, 0.15) is 0 Å². The van der Waals surface area contributed by atoms with Gasteiger partial charge in [0.25, 0.3) is 5.91 Å². The van der Waals surface area contributed by atoms with Gasteiger partial charge in [-0.15, -0.1) is 0 Å². The summed E-state index contributed by atoms with van der Waals surface area (Å²) in [5.74, 6) is 0.0958. The fourth-order valence-corrected chi connectivity index (χ4v) is 9.07. The zero-order chi connectivity index (χ0) is 42.8. The molecule has 0 bridgehead atoms. The van der Waals surface area contributed by atoms with Crippen molar-refractivity contribution in [1.82, 2.24) is 20.0 Å². The van der Waals surface area contributed by atoms with Crippen LogP contribution in [0.4, 0.5) is 0 Å². The second-order valence-electron chi connectivity index (χ2n) is 16.5. The van der Waals surface area contributed by atoms with Crippen molar-refractivity contribution in [3.05, 3.63) is 225 Å². The lowest BCUT2D eigenvalue weighted by Crippen LogP contribution is -2.50. The Labute approximate surface area is 377 Å². The molecule has 9 rings (SSSR count). The number of rotatable bonds is 9. The van der Waals surface area contributed by atoms with Crippen LogP contribution in [-0.4, -0.2) is 59.9 Å². The average Bonchev–Trinajstić information content (AvgIpc) is 3.32. The Bertz CT molecular complexity index is 2530. The van der Waals surface area contributed by atoms with Crippen molar-refractivity contribution >= 4 is 29.1 Å². The summed E-state index contributed by atoms with van der Waals surface area (Å²) in [5.41, 5.74) is 12.8. The maximum absolute atomic E-state index is 13.4. The van der Waals surface area contributed by atoms with E-state index in [0.29, 0.717) is 12.6 Å². The van der Waals surface area contributed by atoms with Crippen molar-refractivity contribution in [2.45, 2.75) is 39.0 Å². The standard InChI is InChI=1S/C31H29ClN2O.C24H25ClN2/c1-23-12-17-29(32)28(20-23)25-15-13-24(14-16-25)21-33-18-19-34(31(35)27-10-6-3-7-11-27)30(22-33)26-8-4-2-5-9-26;1-18-7-12-23(25)22(15-18)20-10-8-19(9-11-20)16-27-14-13-26-24(17-27)21-5-3-2-4-6-21/h2-17,20,30H,18-19,21-22H2,1H3;2-12,15,24,26H,13-14,16-17H2,1H3. The highest BCUT2D eigenvalue weighted by molar-refractivity contribution is 6.33. The smallest absolute Gasteiger partial charge is 0.254 e. The number of nitrogens with zero attached hydrogens (tertiary/aromatic N) is 3. The molecule has 314 valence electrons. The number of carbonyl (C=O) groups is 1. The summed E-state index contributed by atoms with van der Waals surface area (Å²) in [6, 6.07) is 60.9. The fraction of sp³-hybridized carbons (Fsp3) is 0.218. The van der Waals surface area contributed by atoms with Crippen LogP contribution in [0.5, 0.6) is 0 Å². The Morgan fingerprint density at radius 3 is 1.56 bits per heavy atom. The van der Waals surface area contributed by atoms with E-state index in [1.165, 1.54) is 38.9 Å². The molecule has 7 heteroatoms. The van der Waals surface area contributed by atoms with E-state index in [0.717, 1.165) is 78.1 Å². The number of nitrogens with one attached hydrogen (secondary N) is 1. The lowest BCUT2D eigenvalue weighted by atomic mass is 9.99. The molecule has 2 saturated heterocycles. The molecule has 1 amide bonds. The van der Waals surface area contributed by atoms with Crippen LogP contribution >= 0.6 is 23.2 Å². The molecular formula is C55H54Cl2N4O. The van der Waals surface area contributed by atoms with E-state index in [2.05, 4.69) is 144 Å². The SMILES string of the molecule is Cc1ccc(Cl)c(-c2ccc(CN3CCN(C(=O)c4ccccc4)C(c4ccccc4)C3)cc2)c1.Cc1ccc(Cl)c(-c2ccc(CN3CCNC(c4ccccc4)C3)cc2)c1. The van der Waals surface area contributed by atoms with Crippen molar-refractivity contribution in [3.8, 4) is 22.3 Å². The number of piperazine rings is 2. The van der Waals surface area contributed by atoms with Gasteiger partial charge in [0.15, 0.2) is 0 Å². The molecule has 5 nitrogen and oxygen atoms in total. The monoisotopic (exact) mass is 856 g/mol. The van der Waals surface area contributed by atoms with Gasteiger partial charge in [0.05, 0.1) is 6.04 Å². The normalized spacial score (nSPS) is 16.9. The fourth-order valence-electron chi connectivity index (χ4n) is 8.61. The average molecular weight is 858 g/mol. The van der Waals surface area contributed by atoms with Crippen LogP contribution in [0.25, 0.3) is 22.3 Å². The maximum atomic E-state index is 13.4. The van der Waals surface area contributed by atoms with Gasteiger partial charge >= 0.3 is 0 Å². The Morgan fingerprint density at radius 2 is 1.03 bits per heavy atom. The predicted octanol–water partition coefficient (Wildman–Crippen LogP) is 12.5. The first-order valence-electron chi connectivity index (χ1n) is 21.6. The van der Waals surface area contributed by atoms with Gasteiger partial charge < -0.3 is 10.2 Å². The first-order chi connectivity index (χ1) is 30.3. The van der Waals surface area contributed by atoms with Crippen LogP contribution in [0.1, 0.15) is 55.8 Å². The molecule has 2 aliphatic rings. The molecule has 0 radical (unpaired) electrons. The molecule has 2 unspecified atom stereocenters. The van der Waals surface area contributed by atoms with Crippen molar-refractivity contribution in [2.75, 3.05) is 39.3 Å². The minimum absolute atomic E-state index is 0.0167. The third-order valence-corrected chi connectivity index (χ3v) is 12.6. The van der Waals surface area contributed by atoms with Gasteiger partial charge in [-0.1, -0.05) is 174 Å². The molecule has 0 aromatic heterocycles. The van der Waals surface area contributed by atoms with Crippen molar-refractivity contribution in [3.63, 3.8) is 0 Å². The number of aryl methyl sites for hydroxylation is 2. The molecule has 1 N–H and O–H groups in total. The Kier molecular flexibility index (Phi) is 14.3. The number of hydrogen-bond acceptors (Lipinski definition) is 4. The topological polar surface area (TPSA) is 38.8 Å². The molecule has 0 spiro atoms. The molecule has 2 fully saturated rings. The van der Waals surface area contributed by atoms with E-state index in [4.69, 9.17) is 23.2 Å². The molecule has 2 heterocycles. The zero-order valence-corrected chi connectivity index (χ0v) is 37.1. The first-order valence-corrected chi connectivity index (χ1v) is 22.4. The van der Waals surface area contributed by atoms with Crippen LogP contribution in [0.15, 0.2) is 176 Å². The highest BCUT2D eigenvalue weighted by Crippen LogP contribution is 2.32. The van der Waals surface area contributed by atoms with Crippen LogP contribution in [-0.2, 0) is 13.1 Å². The highest BCUT2D eigenvalue weighted by atomic mass is 35.5. The summed E-state index contributed by atoms with van der Waals surface area (Å²) in [4.78, 5) is 20.4. The zero-order valence-electron chi connectivity index (χ0n) is 35.6. The number of carbonyl (C=O) groups excluding carboxylic acids is 1. The molecule has 2 atom stereocenters. The van der Waals surface area contributed by atoms with Gasteiger partial charge in [-0.2, -0.15) is 0 Å². The van der Waals surface area contributed by atoms with Crippen LogP contribution in [0, 0.1) is 13.8 Å². The van der Waals surface area contributed by atoms with E-state index in [1.807, 2.05) is 65.6 Å². The second kappa shape index (κ2) is 20.6. The molecule has 0 saturated carbocycles. The second-order valence-corrected chi connectivity index (χ2v) is 17.4. The number of amides is 1. The molecule has 7 aromatic carbocycles. The largest absolute Gasteiger partial charge is 0.329 e. The highest BCUT2D eigenvalue weighted by Gasteiger charge is 2.32. The predicted molar refractivity (Wildman–Crippen MR) is 258 cm³/mol. The summed E-state index contributed by atoms with van der Waals surface area (Å²) in [5, 5.41) is 5.22. The summed E-state index contributed by atoms with van der Waals surface area (Å²) in [7, 11) is 0. The van der Waals surface area contributed by atoms with Gasteiger partial charge in [-0.25, -0.2) is 0 Å². The summed E-state index contributed by atoms with van der Waals surface area (Å²) < 4.78 is 0. The summed E-state index contributed by atoms with van der Waals surface area (Å²) in [6.07, 6.45) is 0. The minimum Gasteiger partial charge on any atom is -0.329 e. The molecule has 2 aliphatic heterocycles. The third-order valence-electron chi connectivity index (χ3n) is 12.0. The van der Waals surface area contributed by atoms with E-state index in [-0.39, 0.29) is 11.9 Å². The minimum atomic E-state index is 0.0167. The Hall–Kier alpha value is -5.53. The summed E-state index contributed by atoms with van der Waals surface area (Å²) in [6.45, 7) is 11.5. The van der Waals surface area contributed by atoms with Gasteiger partial charge in [0, 0.05) is 85.1 Å². The van der Waals surface area contributed by atoms with Crippen LogP contribution in [0.2, 0.25) is 10.0 Å². The van der Waals surface area contributed by atoms with Gasteiger partial charge in [0.2, 0.25) is 0 Å². The lowest BCUT2D eigenvalue weighted by Gasteiger charge is -2.42. The number of hydrogen-bond donors (Lipinski definition) is 1. The third kappa shape index (κ3) is 10.9. The van der Waals surface area contributed by atoms with E-state index in [1.54, 1.807) is 0 Å². The van der Waals surface area contributed by atoms with Crippen LogP contribution < -0.4 is 5.32 Å². The van der Waals surface area contributed by atoms with E-state index in [9.17, 15) is 4.79 Å². The summed E-state index contributed by atoms with van der Waals surface area (Å²) >= 11 is 12.8. The number of halogens is 2. The van der Waals surface area contributed by atoms with Crippen molar-refractivity contribution in [2.24, 2.45) is 0 Å². The Morgan fingerprint density at radius 1 is 0.548 bits per heavy atom. The number of benzene rings is 7. The molecular weight excluding hydrogens is 804 g/mol. The lowest BCUT2D eigenvalue weighted by molar-refractivity contribution is 0.0434. The van der Waals surface area contributed by atoms with E-state index < -0.39 is 0 Å². The maximum Gasteiger partial charge on any atom is 0.254 e. The Balaban J connectivity index is 0.000000176. The quantitative estimate of drug-likeness (QED) is 0.157. The van der Waals surface area contributed by atoms with Gasteiger partial charge in [-0.05, 0) is 83.6 Å². The molecule has 0 aliphatic carbocycles. The van der Waals surface area contributed by atoms with Crippen LogP contribution in [0.3, 0.4) is 0 Å². The van der Waals surface area contributed by atoms with E-state index >= 15 is 0 Å². The molecule has 7 aromatic rings.